The lowest BCUT2D eigenvalue weighted by molar-refractivity contribution is -0.277. The molecule has 3 rings (SSSR count). The van der Waals surface area contributed by atoms with E-state index in [0.717, 1.165) is 6.07 Å². The lowest BCUT2D eigenvalue weighted by atomic mass is 9.99. The standard InChI is InChI=1S/C16H18O10/c1-23-7-4-6-2-3-9(18)25-14(6)15(11(7)20)26-16-13(22)12(21)10(19)8(5-17)24-16/h2-4,8,10,12-13,16-17,19-22H,5H2,1H3/t8-,10+,12+,13+,16+/m1/s1. The predicted molar refractivity (Wildman–Crippen MR) is 85.1 cm³/mol. The van der Waals surface area contributed by atoms with Gasteiger partial charge in [-0.2, -0.15) is 0 Å². The van der Waals surface area contributed by atoms with Gasteiger partial charge in [-0.3, -0.25) is 0 Å². The molecule has 0 bridgehead atoms. The second-order valence-corrected chi connectivity index (χ2v) is 5.74. The van der Waals surface area contributed by atoms with Gasteiger partial charge in [-0.25, -0.2) is 4.79 Å². The summed E-state index contributed by atoms with van der Waals surface area (Å²) in [5.41, 5.74) is -0.839. The van der Waals surface area contributed by atoms with E-state index in [1.807, 2.05) is 0 Å². The zero-order valence-electron chi connectivity index (χ0n) is 13.6. The van der Waals surface area contributed by atoms with Gasteiger partial charge < -0.3 is 44.2 Å². The summed E-state index contributed by atoms with van der Waals surface area (Å²) in [6, 6.07) is 3.99. The molecular formula is C16H18O10. The van der Waals surface area contributed by atoms with Gasteiger partial charge in [0.05, 0.1) is 13.7 Å². The van der Waals surface area contributed by atoms with Gasteiger partial charge in [-0.05, 0) is 12.1 Å². The summed E-state index contributed by atoms with van der Waals surface area (Å²) >= 11 is 0. The quantitative estimate of drug-likeness (QED) is 0.409. The molecule has 10 nitrogen and oxygen atoms in total. The van der Waals surface area contributed by atoms with Crippen LogP contribution in [0, 0.1) is 0 Å². The number of rotatable bonds is 4. The van der Waals surface area contributed by atoms with E-state index in [-0.39, 0.29) is 17.1 Å². The summed E-state index contributed by atoms with van der Waals surface area (Å²) in [6.45, 7) is -0.648. The maximum Gasteiger partial charge on any atom is 0.336 e. The summed E-state index contributed by atoms with van der Waals surface area (Å²) in [7, 11) is 1.30. The molecule has 2 aromatic rings. The Labute approximate surface area is 146 Å². The average Bonchev–Trinajstić information content (AvgIpc) is 2.64. The Morgan fingerprint density at radius 1 is 1.15 bits per heavy atom. The summed E-state index contributed by atoms with van der Waals surface area (Å²) in [6.07, 6.45) is -7.72. The number of aliphatic hydroxyl groups is 4. The van der Waals surface area contributed by atoms with Gasteiger partial charge >= 0.3 is 5.63 Å². The van der Waals surface area contributed by atoms with Crippen molar-refractivity contribution < 1.29 is 44.2 Å². The summed E-state index contributed by atoms with van der Waals surface area (Å²) in [5, 5.41) is 49.6. The van der Waals surface area contributed by atoms with Crippen molar-refractivity contribution in [2.45, 2.75) is 30.7 Å². The number of methoxy groups -OCH3 is 1. The van der Waals surface area contributed by atoms with Gasteiger partial charge in [0.15, 0.2) is 11.3 Å². The van der Waals surface area contributed by atoms with Crippen LogP contribution in [0.1, 0.15) is 0 Å². The largest absolute Gasteiger partial charge is 0.502 e. The highest BCUT2D eigenvalue weighted by Crippen LogP contribution is 2.43. The molecule has 5 N–H and O–H groups in total. The van der Waals surface area contributed by atoms with Gasteiger partial charge in [0.2, 0.25) is 17.8 Å². The maximum absolute atomic E-state index is 11.5. The SMILES string of the molecule is COc1cc2ccc(=O)oc2c(O[C@@H]2O[C@H](CO)[C@H](O)[C@H](O)[C@@H]2O)c1O. The molecule has 0 amide bonds. The first-order valence-electron chi connectivity index (χ1n) is 7.68. The minimum absolute atomic E-state index is 0.00550. The first kappa shape index (κ1) is 18.4. The Morgan fingerprint density at radius 2 is 1.88 bits per heavy atom. The van der Waals surface area contributed by atoms with Crippen LogP contribution in [0.4, 0.5) is 0 Å². The third-order valence-corrected chi connectivity index (χ3v) is 4.11. The molecule has 0 saturated carbocycles. The van der Waals surface area contributed by atoms with Crippen LogP contribution in [-0.2, 0) is 4.74 Å². The van der Waals surface area contributed by atoms with Crippen molar-refractivity contribution in [2.24, 2.45) is 0 Å². The van der Waals surface area contributed by atoms with E-state index in [2.05, 4.69) is 0 Å². The number of aliphatic hydroxyl groups excluding tert-OH is 4. The Morgan fingerprint density at radius 3 is 2.54 bits per heavy atom. The van der Waals surface area contributed by atoms with Crippen LogP contribution >= 0.6 is 0 Å². The van der Waals surface area contributed by atoms with Gasteiger partial charge in [0, 0.05) is 11.5 Å². The van der Waals surface area contributed by atoms with Crippen LogP contribution in [0.15, 0.2) is 27.4 Å². The molecule has 26 heavy (non-hydrogen) atoms. The molecule has 1 aromatic heterocycles. The van der Waals surface area contributed by atoms with Crippen LogP contribution in [0.5, 0.6) is 17.2 Å². The molecule has 0 spiro atoms. The molecule has 1 aliphatic heterocycles. The monoisotopic (exact) mass is 370 g/mol. The van der Waals surface area contributed by atoms with Crippen molar-refractivity contribution in [2.75, 3.05) is 13.7 Å². The smallest absolute Gasteiger partial charge is 0.336 e. The number of fused-ring (bicyclic) bond motifs is 1. The lowest BCUT2D eigenvalue weighted by Crippen LogP contribution is -2.60. The fourth-order valence-electron chi connectivity index (χ4n) is 2.69. The van der Waals surface area contributed by atoms with Gasteiger partial charge in [-0.1, -0.05) is 0 Å². The second-order valence-electron chi connectivity index (χ2n) is 5.74. The first-order valence-corrected chi connectivity index (χ1v) is 7.68. The molecule has 1 aromatic carbocycles. The van der Waals surface area contributed by atoms with Crippen LogP contribution < -0.4 is 15.1 Å². The maximum atomic E-state index is 11.5. The number of phenolic OH excluding ortho intramolecular Hbond substituents is 1. The average molecular weight is 370 g/mol. The van der Waals surface area contributed by atoms with Gasteiger partial charge in [-0.15, -0.1) is 0 Å². The van der Waals surface area contributed by atoms with Crippen molar-refractivity contribution in [3.63, 3.8) is 0 Å². The van der Waals surface area contributed by atoms with E-state index in [1.54, 1.807) is 0 Å². The highest BCUT2D eigenvalue weighted by atomic mass is 16.7. The molecule has 10 heteroatoms. The molecule has 0 radical (unpaired) electrons. The molecular weight excluding hydrogens is 352 g/mol. The topological polar surface area (TPSA) is 159 Å². The molecule has 0 aliphatic carbocycles. The number of aromatic hydroxyl groups is 1. The molecule has 0 unspecified atom stereocenters. The minimum Gasteiger partial charge on any atom is -0.502 e. The van der Waals surface area contributed by atoms with Crippen molar-refractivity contribution in [3.8, 4) is 17.2 Å². The number of phenols is 1. The van der Waals surface area contributed by atoms with E-state index in [9.17, 15) is 30.3 Å². The van der Waals surface area contributed by atoms with Crippen LogP contribution in [0.3, 0.4) is 0 Å². The predicted octanol–water partition coefficient (Wildman–Crippen LogP) is -1.31. The van der Waals surface area contributed by atoms with E-state index in [4.69, 9.17) is 18.6 Å². The lowest BCUT2D eigenvalue weighted by Gasteiger charge is -2.39. The molecule has 1 fully saturated rings. The number of hydrogen-bond acceptors (Lipinski definition) is 10. The zero-order valence-corrected chi connectivity index (χ0v) is 13.6. The minimum atomic E-state index is -1.70. The van der Waals surface area contributed by atoms with Crippen LogP contribution in [0.2, 0.25) is 0 Å². The normalized spacial score (nSPS) is 28.9. The first-order chi connectivity index (χ1) is 12.4. The van der Waals surface area contributed by atoms with E-state index < -0.39 is 48.7 Å². The highest BCUT2D eigenvalue weighted by Gasteiger charge is 2.45. The van der Waals surface area contributed by atoms with Crippen molar-refractivity contribution >= 4 is 11.0 Å². The molecule has 2 heterocycles. The van der Waals surface area contributed by atoms with E-state index in [0.29, 0.717) is 5.39 Å². The fraction of sp³-hybridized carbons (Fsp3) is 0.438. The summed E-state index contributed by atoms with van der Waals surface area (Å²) < 4.78 is 20.8. The number of ether oxygens (including phenoxy) is 3. The number of hydrogen-bond donors (Lipinski definition) is 5. The van der Waals surface area contributed by atoms with Crippen molar-refractivity contribution in [1.29, 1.82) is 0 Å². The van der Waals surface area contributed by atoms with Crippen molar-refractivity contribution in [3.05, 3.63) is 28.6 Å². The van der Waals surface area contributed by atoms with Crippen LogP contribution in [0.25, 0.3) is 11.0 Å². The van der Waals surface area contributed by atoms with Gasteiger partial charge in [0.25, 0.3) is 0 Å². The Hall–Kier alpha value is -2.37. The fourth-order valence-corrected chi connectivity index (χ4v) is 2.69. The van der Waals surface area contributed by atoms with Crippen molar-refractivity contribution in [1.82, 2.24) is 0 Å². The number of benzene rings is 1. The molecule has 1 saturated heterocycles. The Bertz CT molecular complexity index is 845. The van der Waals surface area contributed by atoms with E-state index >= 15 is 0 Å². The van der Waals surface area contributed by atoms with Gasteiger partial charge in [0.1, 0.15) is 24.4 Å². The van der Waals surface area contributed by atoms with E-state index in [1.165, 1.54) is 19.2 Å². The molecule has 5 atom stereocenters. The Balaban J connectivity index is 2.06. The molecule has 142 valence electrons. The van der Waals surface area contributed by atoms with Crippen LogP contribution in [-0.4, -0.2) is 70.0 Å². The molecule has 1 aliphatic rings. The zero-order chi connectivity index (χ0) is 19.0. The second kappa shape index (κ2) is 7.09. The highest BCUT2D eigenvalue weighted by molar-refractivity contribution is 5.87. The Kier molecular flexibility index (Phi) is 5.03. The third-order valence-electron chi connectivity index (χ3n) is 4.11. The third kappa shape index (κ3) is 3.08. The summed E-state index contributed by atoms with van der Waals surface area (Å²) in [5.74, 6) is -0.876. The summed E-state index contributed by atoms with van der Waals surface area (Å²) in [4.78, 5) is 11.5.